The number of nitrogens with two attached hydrogens (primary N) is 1. The molecule has 1 aromatic carbocycles. The highest BCUT2D eigenvalue weighted by molar-refractivity contribution is 5.93. The van der Waals surface area contributed by atoms with Gasteiger partial charge in [-0.3, -0.25) is 0 Å². The first-order valence-corrected chi connectivity index (χ1v) is 4.81. The van der Waals surface area contributed by atoms with Crippen LogP contribution in [0.2, 0.25) is 0 Å². The maximum Gasteiger partial charge on any atom is 0.358 e. The van der Waals surface area contributed by atoms with Crippen LogP contribution in [0.1, 0.15) is 10.5 Å². The smallest absolute Gasteiger partial charge is 0.358 e. The van der Waals surface area contributed by atoms with Gasteiger partial charge < -0.3 is 10.5 Å². The molecule has 0 aliphatic rings. The van der Waals surface area contributed by atoms with Crippen LogP contribution in [0.25, 0.3) is 5.69 Å². The molecule has 0 fully saturated rings. The van der Waals surface area contributed by atoms with Crippen LogP contribution in [0, 0.1) is 5.82 Å². The summed E-state index contributed by atoms with van der Waals surface area (Å²) in [5.41, 5.74) is 6.49. The van der Waals surface area contributed by atoms with Crippen molar-refractivity contribution in [1.82, 2.24) is 9.78 Å². The topological polar surface area (TPSA) is 70.1 Å². The molecule has 2 aromatic rings. The number of methoxy groups -OCH3 is 1. The normalized spacial score (nSPS) is 10.2. The Morgan fingerprint density at radius 3 is 2.65 bits per heavy atom. The van der Waals surface area contributed by atoms with Gasteiger partial charge in [-0.15, -0.1) is 0 Å². The quantitative estimate of drug-likeness (QED) is 0.798. The van der Waals surface area contributed by atoms with Gasteiger partial charge in [-0.2, -0.15) is 5.10 Å². The molecule has 5 nitrogen and oxygen atoms in total. The Bertz CT molecular complexity index is 548. The summed E-state index contributed by atoms with van der Waals surface area (Å²) < 4.78 is 18.7. The van der Waals surface area contributed by atoms with Crippen molar-refractivity contribution < 1.29 is 13.9 Å². The molecular weight excluding hydrogens is 225 g/mol. The number of hydrogen-bond donors (Lipinski definition) is 1. The molecule has 0 aliphatic carbocycles. The molecule has 88 valence electrons. The molecule has 1 heterocycles. The van der Waals surface area contributed by atoms with Crippen molar-refractivity contribution in [2.75, 3.05) is 12.8 Å². The maximum atomic E-state index is 12.8. The molecule has 2 N–H and O–H groups in total. The van der Waals surface area contributed by atoms with Crippen LogP contribution < -0.4 is 5.73 Å². The first-order chi connectivity index (χ1) is 8.13. The summed E-state index contributed by atoms with van der Waals surface area (Å²) in [5.74, 6) is -0.960. The second-order valence-electron chi connectivity index (χ2n) is 3.33. The van der Waals surface area contributed by atoms with Crippen molar-refractivity contribution in [2.24, 2.45) is 0 Å². The Balaban J connectivity index is 2.52. The monoisotopic (exact) mass is 235 g/mol. The number of esters is 1. The van der Waals surface area contributed by atoms with Gasteiger partial charge >= 0.3 is 5.97 Å². The fourth-order valence-electron chi connectivity index (χ4n) is 1.44. The SMILES string of the molecule is COC(=O)c1c(N)cnn1-c1ccc(F)cc1. The summed E-state index contributed by atoms with van der Waals surface area (Å²) in [6, 6.07) is 5.53. The second kappa shape index (κ2) is 4.25. The number of nitrogens with zero attached hydrogens (tertiary/aromatic N) is 2. The van der Waals surface area contributed by atoms with E-state index in [0.717, 1.165) is 0 Å². The van der Waals surface area contributed by atoms with Crippen LogP contribution in [0.3, 0.4) is 0 Å². The number of nitrogen functional groups attached to an aromatic ring is 1. The van der Waals surface area contributed by atoms with Crippen molar-refractivity contribution >= 4 is 11.7 Å². The van der Waals surface area contributed by atoms with Gasteiger partial charge in [0.2, 0.25) is 0 Å². The van der Waals surface area contributed by atoms with Gasteiger partial charge in [0.15, 0.2) is 5.69 Å². The van der Waals surface area contributed by atoms with Crippen LogP contribution >= 0.6 is 0 Å². The van der Waals surface area contributed by atoms with Crippen LogP contribution in [0.5, 0.6) is 0 Å². The summed E-state index contributed by atoms with van der Waals surface area (Å²) in [4.78, 5) is 11.5. The van der Waals surface area contributed by atoms with Crippen molar-refractivity contribution in [3.63, 3.8) is 0 Å². The number of carbonyl (C=O) groups excluding carboxylic acids is 1. The minimum Gasteiger partial charge on any atom is -0.464 e. The van der Waals surface area contributed by atoms with Crippen LogP contribution in [-0.4, -0.2) is 22.9 Å². The molecule has 0 amide bonds. The molecule has 0 aliphatic heterocycles. The van der Waals surface area contributed by atoms with E-state index >= 15 is 0 Å². The third kappa shape index (κ3) is 1.96. The highest BCUT2D eigenvalue weighted by Gasteiger charge is 2.18. The molecule has 0 saturated carbocycles. The van der Waals surface area contributed by atoms with Crippen LogP contribution in [0.4, 0.5) is 10.1 Å². The van der Waals surface area contributed by atoms with Gasteiger partial charge in [0.25, 0.3) is 0 Å². The molecule has 1 aromatic heterocycles. The number of anilines is 1. The maximum absolute atomic E-state index is 12.8. The van der Waals surface area contributed by atoms with Gasteiger partial charge in [-0.1, -0.05) is 0 Å². The lowest BCUT2D eigenvalue weighted by Crippen LogP contribution is -2.12. The minimum atomic E-state index is -0.593. The van der Waals surface area contributed by atoms with E-state index in [9.17, 15) is 9.18 Å². The van der Waals surface area contributed by atoms with Gasteiger partial charge in [0.05, 0.1) is 24.7 Å². The molecule has 17 heavy (non-hydrogen) atoms. The lowest BCUT2D eigenvalue weighted by Gasteiger charge is -2.06. The molecule has 0 radical (unpaired) electrons. The lowest BCUT2D eigenvalue weighted by atomic mass is 10.3. The number of rotatable bonds is 2. The lowest BCUT2D eigenvalue weighted by molar-refractivity contribution is 0.0591. The first-order valence-electron chi connectivity index (χ1n) is 4.81. The van der Waals surface area contributed by atoms with Crippen molar-refractivity contribution in [1.29, 1.82) is 0 Å². The van der Waals surface area contributed by atoms with Crippen LogP contribution in [0.15, 0.2) is 30.5 Å². The molecule has 6 heteroatoms. The van der Waals surface area contributed by atoms with E-state index in [1.807, 2.05) is 0 Å². The molecule has 2 rings (SSSR count). The highest BCUT2D eigenvalue weighted by atomic mass is 19.1. The van der Waals surface area contributed by atoms with E-state index in [-0.39, 0.29) is 17.2 Å². The van der Waals surface area contributed by atoms with E-state index in [2.05, 4.69) is 9.84 Å². The highest BCUT2D eigenvalue weighted by Crippen LogP contribution is 2.17. The third-order valence-electron chi connectivity index (χ3n) is 2.25. The fraction of sp³-hybridized carbons (Fsp3) is 0.0909. The Labute approximate surface area is 96.6 Å². The third-order valence-corrected chi connectivity index (χ3v) is 2.25. The summed E-state index contributed by atoms with van der Waals surface area (Å²) in [6.45, 7) is 0. The molecule has 0 bridgehead atoms. The van der Waals surface area contributed by atoms with Crippen molar-refractivity contribution in [3.05, 3.63) is 42.0 Å². The predicted octanol–water partition coefficient (Wildman–Crippen LogP) is 1.38. The summed E-state index contributed by atoms with van der Waals surface area (Å²) in [5, 5.41) is 3.95. The Morgan fingerprint density at radius 1 is 1.41 bits per heavy atom. The summed E-state index contributed by atoms with van der Waals surface area (Å²) in [6.07, 6.45) is 1.34. The average Bonchev–Trinajstić information content (AvgIpc) is 2.71. The van der Waals surface area contributed by atoms with Gasteiger partial charge in [-0.25, -0.2) is 13.9 Å². The van der Waals surface area contributed by atoms with Gasteiger partial charge in [-0.05, 0) is 24.3 Å². The van der Waals surface area contributed by atoms with Crippen molar-refractivity contribution in [2.45, 2.75) is 0 Å². The predicted molar refractivity (Wildman–Crippen MR) is 59.3 cm³/mol. The van der Waals surface area contributed by atoms with Crippen molar-refractivity contribution in [3.8, 4) is 5.69 Å². The number of hydrogen-bond acceptors (Lipinski definition) is 4. The second-order valence-corrected chi connectivity index (χ2v) is 3.33. The number of aromatic nitrogens is 2. The summed E-state index contributed by atoms with van der Waals surface area (Å²) >= 11 is 0. The largest absolute Gasteiger partial charge is 0.464 e. The zero-order valence-corrected chi connectivity index (χ0v) is 9.05. The van der Waals surface area contributed by atoms with E-state index in [0.29, 0.717) is 5.69 Å². The zero-order valence-electron chi connectivity index (χ0n) is 9.05. The Kier molecular flexibility index (Phi) is 2.78. The first kappa shape index (κ1) is 11.1. The number of benzene rings is 1. The molecule has 0 saturated heterocycles. The Hall–Kier alpha value is -2.37. The van der Waals surface area contributed by atoms with Gasteiger partial charge in [0, 0.05) is 0 Å². The number of carbonyl (C=O) groups is 1. The van der Waals surface area contributed by atoms with Crippen LogP contribution in [-0.2, 0) is 4.74 Å². The molecule has 0 unspecified atom stereocenters. The molecule has 0 spiro atoms. The zero-order chi connectivity index (χ0) is 12.4. The average molecular weight is 235 g/mol. The minimum absolute atomic E-state index is 0.124. The Morgan fingerprint density at radius 2 is 2.06 bits per heavy atom. The van der Waals surface area contributed by atoms with E-state index in [1.54, 1.807) is 0 Å². The van der Waals surface area contributed by atoms with E-state index < -0.39 is 5.97 Å². The fourth-order valence-corrected chi connectivity index (χ4v) is 1.44. The van der Waals surface area contributed by atoms with Gasteiger partial charge in [0.1, 0.15) is 5.82 Å². The number of ether oxygens (including phenoxy) is 1. The van der Waals surface area contributed by atoms with E-state index in [4.69, 9.17) is 5.73 Å². The molecular formula is C11H10FN3O2. The summed E-state index contributed by atoms with van der Waals surface area (Å²) in [7, 11) is 1.25. The molecule has 0 atom stereocenters. The van der Waals surface area contributed by atoms with E-state index in [1.165, 1.54) is 42.3 Å². The standard InChI is InChI=1S/C11H10FN3O2/c1-17-11(16)10-9(13)6-14-15(10)8-4-2-7(12)3-5-8/h2-6H,13H2,1H3. The number of halogens is 1.